The van der Waals surface area contributed by atoms with Crippen molar-refractivity contribution in [3.63, 3.8) is 0 Å². The van der Waals surface area contributed by atoms with Crippen molar-refractivity contribution in [2.24, 2.45) is 10.9 Å². The van der Waals surface area contributed by atoms with Crippen LogP contribution >= 0.6 is 24.0 Å². The fourth-order valence-corrected chi connectivity index (χ4v) is 3.49. The number of aliphatic imine (C=N–C) groups is 1. The van der Waals surface area contributed by atoms with Gasteiger partial charge in [-0.15, -0.1) is 24.0 Å². The normalized spacial score (nSPS) is 16.6. The number of guanidine groups is 1. The molecule has 1 heterocycles. The monoisotopic (exact) mass is 569 g/mol. The number of nitrogens with zero attached hydrogens (tertiary/aromatic N) is 1. The number of rotatable bonds is 10. The third-order valence-corrected chi connectivity index (χ3v) is 5.44. The standard InChI is InChI=1S/C25H35N3O4.HI/c1-4-26-25(28-15-23(29)20-7-9-22(30-3)10-8-20)27-14-21-6-5-18(2)13-24(21)32-17-19-11-12-31-16-19;/h5-10,13,19,23,29H,4,11-12,14-17H2,1-3H3,(H2,26,27,28);1H. The van der Waals surface area contributed by atoms with E-state index in [0.717, 1.165) is 54.4 Å². The van der Waals surface area contributed by atoms with E-state index in [9.17, 15) is 5.11 Å². The Labute approximate surface area is 214 Å². The SMILES string of the molecule is CCNC(=NCc1ccc(C)cc1OCC1CCOC1)NCC(O)c1ccc(OC)cc1.I. The van der Waals surface area contributed by atoms with Gasteiger partial charge in [0.05, 0.1) is 33.0 Å². The van der Waals surface area contributed by atoms with Gasteiger partial charge in [-0.3, -0.25) is 0 Å². The minimum atomic E-state index is -0.656. The van der Waals surface area contributed by atoms with Crippen molar-refractivity contribution in [2.45, 2.75) is 32.9 Å². The zero-order valence-corrected chi connectivity index (χ0v) is 22.0. The Morgan fingerprint density at radius 3 is 2.67 bits per heavy atom. The van der Waals surface area contributed by atoms with Crippen molar-refractivity contribution in [3.8, 4) is 11.5 Å². The lowest BCUT2D eigenvalue weighted by Gasteiger charge is -2.17. The van der Waals surface area contributed by atoms with Crippen LogP contribution in [0.3, 0.4) is 0 Å². The second kappa shape index (κ2) is 14.3. The average Bonchev–Trinajstić information content (AvgIpc) is 3.34. The molecule has 2 unspecified atom stereocenters. The van der Waals surface area contributed by atoms with Gasteiger partial charge in [0.15, 0.2) is 5.96 Å². The molecule has 1 aliphatic rings. The molecule has 182 valence electrons. The van der Waals surface area contributed by atoms with Crippen molar-refractivity contribution in [3.05, 3.63) is 59.2 Å². The Hall–Kier alpha value is -2.04. The van der Waals surface area contributed by atoms with Crippen LogP contribution in [-0.4, -0.2) is 51.1 Å². The van der Waals surface area contributed by atoms with E-state index in [4.69, 9.17) is 19.2 Å². The number of benzene rings is 2. The minimum Gasteiger partial charge on any atom is -0.497 e. The fourth-order valence-electron chi connectivity index (χ4n) is 3.49. The van der Waals surface area contributed by atoms with E-state index in [-0.39, 0.29) is 24.0 Å². The summed E-state index contributed by atoms with van der Waals surface area (Å²) in [5.74, 6) is 2.73. The highest BCUT2D eigenvalue weighted by atomic mass is 127. The lowest BCUT2D eigenvalue weighted by Crippen LogP contribution is -2.39. The zero-order chi connectivity index (χ0) is 22.8. The van der Waals surface area contributed by atoms with Gasteiger partial charge in [-0.1, -0.05) is 24.3 Å². The van der Waals surface area contributed by atoms with Crippen LogP contribution in [0.4, 0.5) is 0 Å². The summed E-state index contributed by atoms with van der Waals surface area (Å²) in [6, 6.07) is 13.6. The van der Waals surface area contributed by atoms with Gasteiger partial charge in [0.2, 0.25) is 0 Å². The second-order valence-corrected chi connectivity index (χ2v) is 8.02. The summed E-state index contributed by atoms with van der Waals surface area (Å²) >= 11 is 0. The van der Waals surface area contributed by atoms with Crippen LogP contribution in [0.2, 0.25) is 0 Å². The molecular weight excluding hydrogens is 533 g/mol. The zero-order valence-electron chi connectivity index (χ0n) is 19.7. The van der Waals surface area contributed by atoms with Crippen LogP contribution in [-0.2, 0) is 11.3 Å². The molecule has 2 aromatic rings. The van der Waals surface area contributed by atoms with Crippen molar-refractivity contribution >= 4 is 29.9 Å². The number of hydrogen-bond acceptors (Lipinski definition) is 5. The molecule has 0 amide bonds. The number of hydrogen-bond donors (Lipinski definition) is 3. The highest BCUT2D eigenvalue weighted by Gasteiger charge is 2.17. The van der Waals surface area contributed by atoms with Gasteiger partial charge in [-0.2, -0.15) is 0 Å². The molecule has 8 heteroatoms. The smallest absolute Gasteiger partial charge is 0.191 e. The predicted molar refractivity (Wildman–Crippen MR) is 142 cm³/mol. The van der Waals surface area contributed by atoms with E-state index < -0.39 is 6.10 Å². The Balaban J connectivity index is 0.00000385. The first-order valence-corrected chi connectivity index (χ1v) is 11.2. The van der Waals surface area contributed by atoms with Crippen LogP contribution in [0, 0.1) is 12.8 Å². The van der Waals surface area contributed by atoms with Gasteiger partial charge in [-0.25, -0.2) is 4.99 Å². The highest BCUT2D eigenvalue weighted by Crippen LogP contribution is 2.23. The summed E-state index contributed by atoms with van der Waals surface area (Å²) in [6.07, 6.45) is 0.390. The van der Waals surface area contributed by atoms with Crippen LogP contribution in [0.25, 0.3) is 0 Å². The van der Waals surface area contributed by atoms with Gasteiger partial charge in [0, 0.05) is 31.2 Å². The third-order valence-electron chi connectivity index (χ3n) is 5.44. The van der Waals surface area contributed by atoms with Crippen molar-refractivity contribution in [1.29, 1.82) is 0 Å². The van der Waals surface area contributed by atoms with E-state index in [1.807, 2.05) is 31.2 Å². The molecule has 1 saturated heterocycles. The van der Waals surface area contributed by atoms with E-state index in [1.165, 1.54) is 0 Å². The topological polar surface area (TPSA) is 84.3 Å². The largest absolute Gasteiger partial charge is 0.497 e. The van der Waals surface area contributed by atoms with Gasteiger partial charge < -0.3 is 30.0 Å². The molecule has 33 heavy (non-hydrogen) atoms. The average molecular weight is 569 g/mol. The molecular formula is C25H36IN3O4. The van der Waals surface area contributed by atoms with Crippen LogP contribution in [0.5, 0.6) is 11.5 Å². The summed E-state index contributed by atoms with van der Waals surface area (Å²) in [7, 11) is 1.62. The maximum Gasteiger partial charge on any atom is 0.191 e. The van der Waals surface area contributed by atoms with Crippen molar-refractivity contribution < 1.29 is 19.3 Å². The summed E-state index contributed by atoms with van der Waals surface area (Å²) in [4.78, 5) is 4.71. The summed E-state index contributed by atoms with van der Waals surface area (Å²) in [5.41, 5.74) is 3.00. The lowest BCUT2D eigenvalue weighted by molar-refractivity contribution is 0.166. The lowest BCUT2D eigenvalue weighted by atomic mass is 10.1. The molecule has 0 saturated carbocycles. The van der Waals surface area contributed by atoms with E-state index in [2.05, 4.69) is 35.8 Å². The molecule has 0 spiro atoms. The van der Waals surface area contributed by atoms with Crippen LogP contribution < -0.4 is 20.1 Å². The molecule has 7 nitrogen and oxygen atoms in total. The first-order valence-electron chi connectivity index (χ1n) is 11.2. The number of aliphatic hydroxyl groups excluding tert-OH is 1. The molecule has 1 fully saturated rings. The first kappa shape index (κ1) is 27.2. The van der Waals surface area contributed by atoms with E-state index in [0.29, 0.717) is 31.6 Å². The Kier molecular flexibility index (Phi) is 11.8. The number of aryl methyl sites for hydroxylation is 1. The van der Waals surface area contributed by atoms with Crippen molar-refractivity contribution in [1.82, 2.24) is 10.6 Å². The molecule has 0 aromatic heterocycles. The number of halogens is 1. The predicted octanol–water partition coefficient (Wildman–Crippen LogP) is 3.83. The van der Waals surface area contributed by atoms with Gasteiger partial charge in [0.25, 0.3) is 0 Å². The maximum absolute atomic E-state index is 10.5. The molecule has 0 aliphatic carbocycles. The molecule has 2 atom stereocenters. The maximum atomic E-state index is 10.5. The van der Waals surface area contributed by atoms with Gasteiger partial charge in [0.1, 0.15) is 11.5 Å². The first-order chi connectivity index (χ1) is 15.6. The van der Waals surface area contributed by atoms with Crippen LogP contribution in [0.15, 0.2) is 47.5 Å². The summed E-state index contributed by atoms with van der Waals surface area (Å²) in [5, 5.41) is 17.0. The molecule has 2 aromatic carbocycles. The number of nitrogens with one attached hydrogen (secondary N) is 2. The summed E-state index contributed by atoms with van der Waals surface area (Å²) < 4.78 is 16.8. The molecule has 0 bridgehead atoms. The van der Waals surface area contributed by atoms with E-state index in [1.54, 1.807) is 7.11 Å². The molecule has 3 rings (SSSR count). The number of aliphatic hydroxyl groups is 1. The number of ether oxygens (including phenoxy) is 3. The fraction of sp³-hybridized carbons (Fsp3) is 0.480. The van der Waals surface area contributed by atoms with Gasteiger partial charge >= 0.3 is 0 Å². The Morgan fingerprint density at radius 1 is 1.21 bits per heavy atom. The van der Waals surface area contributed by atoms with Crippen molar-refractivity contribution in [2.75, 3.05) is 40.0 Å². The highest BCUT2D eigenvalue weighted by molar-refractivity contribution is 14.0. The Bertz CT molecular complexity index is 870. The molecule has 0 radical (unpaired) electrons. The van der Waals surface area contributed by atoms with Gasteiger partial charge in [-0.05, 0) is 49.6 Å². The van der Waals surface area contributed by atoms with Crippen LogP contribution in [0.1, 0.15) is 36.1 Å². The Morgan fingerprint density at radius 2 is 2.00 bits per heavy atom. The number of methoxy groups -OCH3 is 1. The summed E-state index contributed by atoms with van der Waals surface area (Å²) in [6.45, 7) is 7.87. The van der Waals surface area contributed by atoms with E-state index >= 15 is 0 Å². The molecule has 1 aliphatic heterocycles. The second-order valence-electron chi connectivity index (χ2n) is 8.02. The third kappa shape index (κ3) is 8.68. The molecule has 3 N–H and O–H groups in total. The quantitative estimate of drug-likeness (QED) is 0.229. The minimum absolute atomic E-state index is 0.